The maximum absolute atomic E-state index is 11.8. The molecule has 66 valence electrons. The molecule has 0 aliphatic rings. The molecule has 0 aromatic carbocycles. The molecule has 0 aliphatic carbocycles. The maximum Gasteiger partial charge on any atom is 0.101 e. The molecule has 1 atom stereocenters. The number of hydrogen-bond donors (Lipinski definition) is 1. The van der Waals surface area contributed by atoms with E-state index in [1.54, 1.807) is 6.07 Å². The Morgan fingerprint density at radius 2 is 2.42 bits per heavy atom. The van der Waals surface area contributed by atoms with Gasteiger partial charge in [-0.3, -0.25) is 13.6 Å². The van der Waals surface area contributed by atoms with Crippen LogP contribution in [0.15, 0.2) is 23.4 Å². The summed E-state index contributed by atoms with van der Waals surface area (Å²) in [5.74, 6) is -0.00574. The maximum atomic E-state index is 11.8. The van der Waals surface area contributed by atoms with Gasteiger partial charge in [0.25, 0.3) is 0 Å². The first-order valence-electron chi connectivity index (χ1n) is 3.39. The number of nitrogens with zero attached hydrogens (tertiary/aromatic N) is 1. The third-order valence-electron chi connectivity index (χ3n) is 1.32. The zero-order valence-electron chi connectivity index (χ0n) is 6.37. The van der Waals surface area contributed by atoms with Gasteiger partial charge in [-0.05, 0) is 6.07 Å². The predicted octanol–water partition coefficient (Wildman–Crippen LogP) is 0.741. The van der Waals surface area contributed by atoms with E-state index in [2.05, 4.69) is 4.98 Å². The van der Waals surface area contributed by atoms with Gasteiger partial charge < -0.3 is 5.73 Å². The predicted molar refractivity (Wildman–Crippen MR) is 45.9 cm³/mol. The molecule has 0 aliphatic heterocycles. The van der Waals surface area contributed by atoms with E-state index in [1.165, 1.54) is 12.4 Å². The Morgan fingerprint density at radius 1 is 1.67 bits per heavy atom. The molecule has 1 heterocycles. The number of halogens is 1. The van der Waals surface area contributed by atoms with Crippen LogP contribution >= 0.6 is 0 Å². The van der Waals surface area contributed by atoms with Crippen molar-refractivity contribution in [3.05, 3.63) is 18.5 Å². The first-order chi connectivity index (χ1) is 5.75. The summed E-state index contributed by atoms with van der Waals surface area (Å²) in [7, 11) is -1.34. The second-order valence-electron chi connectivity index (χ2n) is 2.15. The van der Waals surface area contributed by atoms with E-state index < -0.39 is 17.5 Å². The molecule has 0 amide bonds. The number of rotatable bonds is 3. The fourth-order valence-corrected chi connectivity index (χ4v) is 1.67. The highest BCUT2D eigenvalue weighted by molar-refractivity contribution is 7.85. The molecule has 0 saturated carbocycles. The third-order valence-corrected chi connectivity index (χ3v) is 2.71. The summed E-state index contributed by atoms with van der Waals surface area (Å²) in [5.41, 5.74) is 5.82. The highest BCUT2D eigenvalue weighted by Gasteiger charge is 2.06. The lowest BCUT2D eigenvalue weighted by Crippen LogP contribution is -2.03. The van der Waals surface area contributed by atoms with E-state index in [1.807, 2.05) is 0 Å². The van der Waals surface area contributed by atoms with Crippen molar-refractivity contribution in [2.75, 3.05) is 18.2 Å². The quantitative estimate of drug-likeness (QED) is 0.761. The molecular weight excluding hydrogens is 179 g/mol. The minimum absolute atomic E-state index is 0.00574. The molecule has 0 spiro atoms. The topological polar surface area (TPSA) is 56.0 Å². The molecule has 0 bridgehead atoms. The van der Waals surface area contributed by atoms with E-state index in [0.29, 0.717) is 10.6 Å². The van der Waals surface area contributed by atoms with Crippen molar-refractivity contribution in [3.63, 3.8) is 0 Å². The van der Waals surface area contributed by atoms with E-state index in [-0.39, 0.29) is 5.75 Å². The van der Waals surface area contributed by atoms with Gasteiger partial charge >= 0.3 is 0 Å². The van der Waals surface area contributed by atoms with Gasteiger partial charge in [0, 0.05) is 6.20 Å². The summed E-state index contributed by atoms with van der Waals surface area (Å²) in [6.07, 6.45) is 2.90. The van der Waals surface area contributed by atoms with E-state index in [4.69, 9.17) is 5.73 Å². The van der Waals surface area contributed by atoms with Crippen LogP contribution in [-0.4, -0.2) is 21.6 Å². The Labute approximate surface area is 72.3 Å². The van der Waals surface area contributed by atoms with Gasteiger partial charge in [-0.1, -0.05) is 0 Å². The summed E-state index contributed by atoms with van der Waals surface area (Å²) >= 11 is 0. The molecule has 3 nitrogen and oxygen atoms in total. The third kappa shape index (κ3) is 2.01. The monoisotopic (exact) mass is 188 g/mol. The number of nitrogen functional groups attached to an aromatic ring is 1. The van der Waals surface area contributed by atoms with Crippen LogP contribution in [0.5, 0.6) is 0 Å². The molecule has 1 aromatic rings. The van der Waals surface area contributed by atoms with Crippen LogP contribution in [0.4, 0.5) is 10.1 Å². The fourth-order valence-electron chi connectivity index (χ4n) is 0.781. The van der Waals surface area contributed by atoms with Gasteiger partial charge in [-0.15, -0.1) is 0 Å². The number of anilines is 1. The Balaban J connectivity index is 2.87. The molecule has 0 fully saturated rings. The molecule has 12 heavy (non-hydrogen) atoms. The molecule has 2 N–H and O–H groups in total. The van der Waals surface area contributed by atoms with Crippen molar-refractivity contribution < 1.29 is 8.60 Å². The Morgan fingerprint density at radius 3 is 3.00 bits per heavy atom. The molecule has 0 saturated heterocycles. The summed E-state index contributed by atoms with van der Waals surface area (Å²) in [6, 6.07) is 1.54. The molecule has 1 aromatic heterocycles. The average molecular weight is 188 g/mol. The van der Waals surface area contributed by atoms with Gasteiger partial charge in [0.1, 0.15) is 6.67 Å². The normalized spacial score (nSPS) is 12.8. The lowest BCUT2D eigenvalue weighted by atomic mass is 10.4. The van der Waals surface area contributed by atoms with Crippen LogP contribution in [0.1, 0.15) is 0 Å². The van der Waals surface area contributed by atoms with Crippen LogP contribution in [0.3, 0.4) is 0 Å². The van der Waals surface area contributed by atoms with Crippen molar-refractivity contribution in [2.45, 2.75) is 4.90 Å². The first kappa shape index (κ1) is 9.12. The van der Waals surface area contributed by atoms with Gasteiger partial charge in [0.2, 0.25) is 0 Å². The van der Waals surface area contributed by atoms with Gasteiger partial charge in [0.15, 0.2) is 0 Å². The van der Waals surface area contributed by atoms with Crippen LogP contribution in [0.25, 0.3) is 0 Å². The van der Waals surface area contributed by atoms with Crippen molar-refractivity contribution in [2.24, 2.45) is 0 Å². The minimum Gasteiger partial charge on any atom is -0.396 e. The zero-order valence-corrected chi connectivity index (χ0v) is 7.18. The van der Waals surface area contributed by atoms with Gasteiger partial charge in [-0.2, -0.15) is 0 Å². The number of nitrogens with two attached hydrogens (primary N) is 1. The summed E-state index contributed by atoms with van der Waals surface area (Å²) < 4.78 is 23.0. The number of alkyl halides is 1. The van der Waals surface area contributed by atoms with E-state index >= 15 is 0 Å². The minimum atomic E-state index is -1.34. The first-order valence-corrected chi connectivity index (χ1v) is 4.71. The second-order valence-corrected chi connectivity index (χ2v) is 3.69. The van der Waals surface area contributed by atoms with Crippen molar-refractivity contribution in [3.8, 4) is 0 Å². The molecule has 5 heteroatoms. The molecular formula is C7H9FN2OS. The zero-order chi connectivity index (χ0) is 8.97. The standard InChI is InChI=1S/C7H9FN2OS/c8-2-4-12(11)7-1-3-10-5-6(7)9/h1,3,5H,2,4,9H2. The summed E-state index contributed by atoms with van der Waals surface area (Å²) in [6.45, 7) is -0.603. The van der Waals surface area contributed by atoms with Crippen molar-refractivity contribution in [1.29, 1.82) is 0 Å². The largest absolute Gasteiger partial charge is 0.396 e. The SMILES string of the molecule is Nc1cnccc1S(=O)CCF. The number of pyridine rings is 1. The molecule has 0 radical (unpaired) electrons. The Kier molecular flexibility index (Phi) is 3.16. The number of hydrogen-bond acceptors (Lipinski definition) is 3. The van der Waals surface area contributed by atoms with E-state index in [0.717, 1.165) is 0 Å². The lowest BCUT2D eigenvalue weighted by molar-refractivity contribution is 0.528. The Hall–Kier alpha value is -0.970. The lowest BCUT2D eigenvalue weighted by Gasteiger charge is -2.01. The van der Waals surface area contributed by atoms with Crippen LogP contribution in [0.2, 0.25) is 0 Å². The fraction of sp³-hybridized carbons (Fsp3) is 0.286. The summed E-state index contributed by atoms with van der Waals surface area (Å²) in [5, 5.41) is 0. The van der Waals surface area contributed by atoms with Crippen LogP contribution in [0, 0.1) is 0 Å². The highest BCUT2D eigenvalue weighted by atomic mass is 32.2. The summed E-state index contributed by atoms with van der Waals surface area (Å²) in [4.78, 5) is 4.20. The second kappa shape index (κ2) is 4.15. The van der Waals surface area contributed by atoms with Crippen LogP contribution < -0.4 is 5.73 Å². The number of aromatic nitrogens is 1. The van der Waals surface area contributed by atoms with Crippen molar-refractivity contribution >= 4 is 16.5 Å². The van der Waals surface area contributed by atoms with E-state index in [9.17, 15) is 8.60 Å². The Bertz CT molecular complexity index is 292. The average Bonchev–Trinajstić information content (AvgIpc) is 2.05. The van der Waals surface area contributed by atoms with Crippen molar-refractivity contribution in [1.82, 2.24) is 4.98 Å². The van der Waals surface area contributed by atoms with Crippen LogP contribution in [-0.2, 0) is 10.8 Å². The molecule has 1 rings (SSSR count). The van der Waals surface area contributed by atoms with Gasteiger partial charge in [0.05, 0.1) is 33.3 Å². The van der Waals surface area contributed by atoms with Gasteiger partial charge in [-0.25, -0.2) is 0 Å². The smallest absolute Gasteiger partial charge is 0.101 e. The molecule has 1 unspecified atom stereocenters. The highest BCUT2D eigenvalue weighted by Crippen LogP contribution is 2.13.